The maximum atomic E-state index is 13.4. The van der Waals surface area contributed by atoms with Gasteiger partial charge in [-0.2, -0.15) is 0 Å². The van der Waals surface area contributed by atoms with E-state index in [-0.39, 0.29) is 18.2 Å². The van der Waals surface area contributed by atoms with Gasteiger partial charge in [-0.25, -0.2) is 14.4 Å². The van der Waals surface area contributed by atoms with E-state index in [1.807, 2.05) is 37.3 Å². The zero-order chi connectivity index (χ0) is 25.2. The Bertz CT molecular complexity index is 1700. The number of halogens is 2. The van der Waals surface area contributed by atoms with Gasteiger partial charge in [-0.1, -0.05) is 24.3 Å². The Labute approximate surface area is 229 Å². The molecule has 0 saturated heterocycles. The molecule has 0 radical (unpaired) electrons. The van der Waals surface area contributed by atoms with Crippen molar-refractivity contribution < 1.29 is 13.9 Å². The summed E-state index contributed by atoms with van der Waals surface area (Å²) in [6.07, 6.45) is 3.57. The molecule has 38 heavy (non-hydrogen) atoms. The Morgan fingerprint density at radius 3 is 2.58 bits per heavy atom. The highest BCUT2D eigenvalue weighted by molar-refractivity contribution is 7.18. The molecule has 0 spiro atoms. The Morgan fingerprint density at radius 1 is 0.868 bits per heavy atom. The van der Waals surface area contributed by atoms with Crippen LogP contribution >= 0.6 is 23.7 Å². The number of fused-ring (bicyclic) bond motifs is 2. The molecule has 0 aliphatic carbocycles. The van der Waals surface area contributed by atoms with Crippen LogP contribution in [-0.4, -0.2) is 19.5 Å². The van der Waals surface area contributed by atoms with Crippen molar-refractivity contribution in [3.63, 3.8) is 0 Å². The maximum absolute atomic E-state index is 13.4. The molecule has 0 aliphatic heterocycles. The fraction of sp³-hybridized carbons (Fsp3) is 0.138. The summed E-state index contributed by atoms with van der Waals surface area (Å²) in [6.45, 7) is 3.30. The van der Waals surface area contributed by atoms with Crippen LogP contribution in [0.15, 0.2) is 85.2 Å². The van der Waals surface area contributed by atoms with Gasteiger partial charge in [0.25, 0.3) is 0 Å². The third kappa shape index (κ3) is 5.52. The molecule has 0 bridgehead atoms. The molecule has 0 N–H and O–H groups in total. The first kappa shape index (κ1) is 25.8. The van der Waals surface area contributed by atoms with Gasteiger partial charge in [0.1, 0.15) is 34.5 Å². The van der Waals surface area contributed by atoms with Crippen molar-refractivity contribution in [3.8, 4) is 11.4 Å². The number of pyridine rings is 1. The number of aromatic nitrogens is 4. The molecule has 9 heteroatoms. The fourth-order valence-electron chi connectivity index (χ4n) is 4.29. The van der Waals surface area contributed by atoms with Gasteiger partial charge in [-0.15, -0.1) is 23.7 Å². The predicted molar refractivity (Wildman–Crippen MR) is 150 cm³/mol. The number of hydrogen-bond acceptors (Lipinski definition) is 6. The summed E-state index contributed by atoms with van der Waals surface area (Å²) in [4.78, 5) is 13.2. The number of ether oxygens (including phenoxy) is 2. The van der Waals surface area contributed by atoms with Gasteiger partial charge < -0.3 is 9.47 Å². The van der Waals surface area contributed by atoms with Crippen LogP contribution in [0.25, 0.3) is 26.9 Å². The maximum Gasteiger partial charge on any atom is 0.140 e. The summed E-state index contributed by atoms with van der Waals surface area (Å²) in [5.74, 6) is 1.38. The molecule has 0 fully saturated rings. The molecule has 0 saturated carbocycles. The van der Waals surface area contributed by atoms with Gasteiger partial charge in [0.15, 0.2) is 0 Å². The zero-order valence-corrected chi connectivity index (χ0v) is 22.1. The first-order valence-electron chi connectivity index (χ1n) is 11.9. The van der Waals surface area contributed by atoms with Crippen molar-refractivity contribution in [2.75, 3.05) is 0 Å². The fourth-order valence-corrected chi connectivity index (χ4v) is 5.15. The van der Waals surface area contributed by atoms with Crippen LogP contribution in [0.2, 0.25) is 0 Å². The molecule has 6 rings (SSSR count). The van der Waals surface area contributed by atoms with Crippen LogP contribution in [0.5, 0.6) is 5.75 Å². The average Bonchev–Trinajstić information content (AvgIpc) is 3.47. The van der Waals surface area contributed by atoms with E-state index in [4.69, 9.17) is 9.47 Å². The van der Waals surface area contributed by atoms with E-state index in [0.29, 0.717) is 25.3 Å². The van der Waals surface area contributed by atoms with Gasteiger partial charge in [0, 0.05) is 18.0 Å². The number of hydrogen-bond donors (Lipinski definition) is 0. The Kier molecular flexibility index (Phi) is 7.64. The highest BCUT2D eigenvalue weighted by atomic mass is 35.5. The molecular formula is C29H24ClFN4O2S. The summed E-state index contributed by atoms with van der Waals surface area (Å²) in [7, 11) is 0. The van der Waals surface area contributed by atoms with Crippen LogP contribution in [-0.2, 0) is 24.6 Å². The third-order valence-electron chi connectivity index (χ3n) is 6.01. The van der Waals surface area contributed by atoms with Crippen molar-refractivity contribution in [1.29, 1.82) is 0 Å². The molecule has 3 heterocycles. The number of thiazole rings is 1. The molecule has 0 unspecified atom stereocenters. The summed E-state index contributed by atoms with van der Waals surface area (Å²) in [5, 5.41) is 0.807. The minimum absolute atomic E-state index is 0. The second-order valence-corrected chi connectivity index (χ2v) is 9.79. The van der Waals surface area contributed by atoms with Gasteiger partial charge in [-0.05, 0) is 60.5 Å². The molecule has 0 atom stereocenters. The average molecular weight is 547 g/mol. The third-order valence-corrected chi connectivity index (χ3v) is 7.02. The van der Waals surface area contributed by atoms with Crippen LogP contribution in [0.3, 0.4) is 0 Å². The molecule has 3 aromatic heterocycles. The number of benzene rings is 3. The van der Waals surface area contributed by atoms with Gasteiger partial charge in [-0.3, -0.25) is 9.55 Å². The highest BCUT2D eigenvalue weighted by Crippen LogP contribution is 2.25. The van der Waals surface area contributed by atoms with Crippen LogP contribution in [0.4, 0.5) is 4.39 Å². The molecule has 6 aromatic rings. The zero-order valence-electron chi connectivity index (χ0n) is 20.5. The topological polar surface area (TPSA) is 62.1 Å². The summed E-state index contributed by atoms with van der Waals surface area (Å²) in [5.41, 5.74) is 5.74. The number of rotatable bonds is 8. The van der Waals surface area contributed by atoms with E-state index in [1.54, 1.807) is 18.5 Å². The van der Waals surface area contributed by atoms with Crippen molar-refractivity contribution >= 4 is 45.0 Å². The summed E-state index contributed by atoms with van der Waals surface area (Å²) in [6, 6.07) is 22.8. The lowest BCUT2D eigenvalue weighted by Gasteiger charge is -2.10. The van der Waals surface area contributed by atoms with Gasteiger partial charge in [0.05, 0.1) is 35.1 Å². The largest absolute Gasteiger partial charge is 0.486 e. The number of nitrogens with zero attached hydrogens (tertiary/aromatic N) is 4. The monoisotopic (exact) mass is 546 g/mol. The first-order chi connectivity index (χ1) is 18.1. The van der Waals surface area contributed by atoms with E-state index in [0.717, 1.165) is 49.1 Å². The van der Waals surface area contributed by atoms with Crippen molar-refractivity contribution in [2.24, 2.45) is 0 Å². The lowest BCUT2D eigenvalue weighted by atomic mass is 10.2. The lowest BCUT2D eigenvalue weighted by Crippen LogP contribution is -1.99. The minimum atomic E-state index is -0.284. The normalized spacial score (nSPS) is 11.1. The second-order valence-electron chi connectivity index (χ2n) is 8.67. The molecule has 192 valence electrons. The smallest absolute Gasteiger partial charge is 0.140 e. The van der Waals surface area contributed by atoms with Crippen molar-refractivity contribution in [3.05, 3.63) is 113 Å². The van der Waals surface area contributed by atoms with Crippen molar-refractivity contribution in [2.45, 2.75) is 26.7 Å². The molecule has 0 aliphatic rings. The van der Waals surface area contributed by atoms with E-state index in [1.165, 1.54) is 23.5 Å². The molecule has 3 aromatic carbocycles. The van der Waals surface area contributed by atoms with Gasteiger partial charge in [0.2, 0.25) is 0 Å². The quantitative estimate of drug-likeness (QED) is 0.202. The van der Waals surface area contributed by atoms with Gasteiger partial charge >= 0.3 is 0 Å². The SMILES string of the molecule is Cc1nc2cnccc2n1-c1ccc(COCc2cccc(OCc3nc4cc(F)ccc4s3)c2)cc1.Cl. The number of aryl methyl sites for hydroxylation is 1. The minimum Gasteiger partial charge on any atom is -0.486 e. The molecule has 6 nitrogen and oxygen atoms in total. The molecular weight excluding hydrogens is 523 g/mol. The second kappa shape index (κ2) is 11.3. The van der Waals surface area contributed by atoms with E-state index < -0.39 is 0 Å². The van der Waals surface area contributed by atoms with Crippen LogP contribution in [0.1, 0.15) is 22.0 Å². The van der Waals surface area contributed by atoms with E-state index >= 15 is 0 Å². The number of imidazole rings is 1. The van der Waals surface area contributed by atoms with Crippen LogP contribution < -0.4 is 4.74 Å². The summed E-state index contributed by atoms with van der Waals surface area (Å²) < 4.78 is 28.4. The van der Waals surface area contributed by atoms with Crippen molar-refractivity contribution in [1.82, 2.24) is 19.5 Å². The Balaban J connectivity index is 0.00000294. The van der Waals surface area contributed by atoms with E-state index in [2.05, 4.69) is 43.8 Å². The first-order valence-corrected chi connectivity index (χ1v) is 12.7. The summed E-state index contributed by atoms with van der Waals surface area (Å²) >= 11 is 1.51. The molecule has 0 amide bonds. The predicted octanol–water partition coefficient (Wildman–Crippen LogP) is 7.20. The Hall–Kier alpha value is -3.85. The lowest BCUT2D eigenvalue weighted by molar-refractivity contribution is 0.107. The Morgan fingerprint density at radius 2 is 1.71 bits per heavy atom. The highest BCUT2D eigenvalue weighted by Gasteiger charge is 2.09. The standard InChI is InChI=1S/C29H23FN4O2S.ClH/c1-19-32-26-15-31-12-11-27(26)34(19)23-8-5-20(6-9-23)16-35-17-21-3-2-4-24(13-21)36-18-29-33-25-14-22(30)7-10-28(25)37-29;/h2-15H,16-18H2,1H3;1H. The van der Waals surface area contributed by atoms with Crippen LogP contribution in [0, 0.1) is 12.7 Å². The van der Waals surface area contributed by atoms with E-state index in [9.17, 15) is 4.39 Å².